The molecular weight excluding hydrogens is 330 g/mol. The quantitative estimate of drug-likeness (QED) is 0.710. The molecule has 1 aromatic heterocycles. The van der Waals surface area contributed by atoms with Gasteiger partial charge in [0.2, 0.25) is 11.0 Å². The van der Waals surface area contributed by atoms with E-state index in [2.05, 4.69) is 15.5 Å². The number of halogens is 1. The third kappa shape index (κ3) is 4.25. The number of nitrogens with zero attached hydrogens (tertiary/aromatic N) is 2. The molecule has 0 aliphatic rings. The van der Waals surface area contributed by atoms with Crippen LogP contribution in [-0.4, -0.2) is 16.1 Å². The van der Waals surface area contributed by atoms with Crippen LogP contribution in [0.1, 0.15) is 5.56 Å². The predicted octanol–water partition coefficient (Wildman–Crippen LogP) is 4.51. The summed E-state index contributed by atoms with van der Waals surface area (Å²) < 4.78 is 0. The molecule has 1 heterocycles. The zero-order valence-electron chi connectivity index (χ0n) is 11.9. The molecule has 0 atom stereocenters. The molecule has 6 heteroatoms. The summed E-state index contributed by atoms with van der Waals surface area (Å²) in [7, 11) is 0. The van der Waals surface area contributed by atoms with Crippen LogP contribution in [0.15, 0.2) is 60.7 Å². The molecule has 3 aromatic rings. The third-order valence-corrected chi connectivity index (χ3v) is 4.11. The molecule has 0 fully saturated rings. The minimum Gasteiger partial charge on any atom is -0.297 e. The van der Waals surface area contributed by atoms with Crippen LogP contribution in [0.25, 0.3) is 16.6 Å². The number of carbonyl (C=O) groups excluding carboxylic acids is 1. The van der Waals surface area contributed by atoms with E-state index in [9.17, 15) is 4.79 Å². The van der Waals surface area contributed by atoms with Gasteiger partial charge in [-0.25, -0.2) is 0 Å². The topological polar surface area (TPSA) is 54.9 Å². The Hall–Kier alpha value is -2.50. The van der Waals surface area contributed by atoms with Crippen molar-refractivity contribution in [2.75, 3.05) is 5.32 Å². The lowest BCUT2D eigenvalue weighted by Gasteiger charge is -1.96. The van der Waals surface area contributed by atoms with Crippen molar-refractivity contribution in [3.8, 4) is 10.6 Å². The summed E-state index contributed by atoms with van der Waals surface area (Å²) in [6.45, 7) is 0. The molecule has 114 valence electrons. The normalized spacial score (nSPS) is 10.8. The smallest absolute Gasteiger partial charge is 0.250 e. The van der Waals surface area contributed by atoms with Gasteiger partial charge in [-0.1, -0.05) is 65.4 Å². The molecule has 1 amide bonds. The summed E-state index contributed by atoms with van der Waals surface area (Å²) >= 11 is 7.17. The number of amides is 1. The van der Waals surface area contributed by atoms with E-state index < -0.39 is 0 Å². The number of nitrogens with one attached hydrogen (secondary N) is 1. The molecule has 0 saturated carbocycles. The summed E-state index contributed by atoms with van der Waals surface area (Å²) in [5, 5.41) is 12.6. The van der Waals surface area contributed by atoms with Crippen molar-refractivity contribution in [1.29, 1.82) is 0 Å². The summed E-state index contributed by atoms with van der Waals surface area (Å²) in [4.78, 5) is 11.9. The summed E-state index contributed by atoms with van der Waals surface area (Å²) in [5.41, 5.74) is 1.87. The standard InChI is InChI=1S/C17H12ClN3OS/c18-14-9-7-13(8-10-14)16-20-21-17(23-16)19-15(22)11-6-12-4-2-1-3-5-12/h1-11H,(H,19,21,22)/b11-6+. The highest BCUT2D eigenvalue weighted by molar-refractivity contribution is 7.18. The molecular formula is C17H12ClN3OS. The van der Waals surface area contributed by atoms with Crippen molar-refractivity contribution in [3.05, 3.63) is 71.3 Å². The van der Waals surface area contributed by atoms with Crippen molar-refractivity contribution < 1.29 is 4.79 Å². The molecule has 0 aliphatic heterocycles. The summed E-state index contributed by atoms with van der Waals surface area (Å²) in [6.07, 6.45) is 3.22. The van der Waals surface area contributed by atoms with Crippen LogP contribution in [0, 0.1) is 0 Å². The van der Waals surface area contributed by atoms with E-state index in [1.54, 1.807) is 18.2 Å². The van der Waals surface area contributed by atoms with E-state index in [0.717, 1.165) is 16.1 Å². The maximum Gasteiger partial charge on any atom is 0.250 e. The number of aromatic nitrogens is 2. The molecule has 0 aliphatic carbocycles. The summed E-state index contributed by atoms with van der Waals surface area (Å²) in [5.74, 6) is -0.243. The third-order valence-electron chi connectivity index (χ3n) is 2.97. The van der Waals surface area contributed by atoms with Gasteiger partial charge in [-0.3, -0.25) is 10.1 Å². The second-order valence-corrected chi connectivity index (χ2v) is 6.07. The molecule has 1 N–H and O–H groups in total. The van der Waals surface area contributed by atoms with Crippen molar-refractivity contribution in [2.24, 2.45) is 0 Å². The minimum absolute atomic E-state index is 0.243. The Balaban J connectivity index is 1.66. The highest BCUT2D eigenvalue weighted by Gasteiger charge is 2.08. The highest BCUT2D eigenvalue weighted by atomic mass is 35.5. The Labute approximate surface area is 142 Å². The van der Waals surface area contributed by atoms with Crippen LogP contribution in [-0.2, 0) is 4.79 Å². The molecule has 4 nitrogen and oxygen atoms in total. The van der Waals surface area contributed by atoms with Gasteiger partial charge in [0.15, 0.2) is 0 Å². The van der Waals surface area contributed by atoms with Gasteiger partial charge in [0.25, 0.3) is 0 Å². The van der Waals surface area contributed by atoms with E-state index in [1.807, 2.05) is 42.5 Å². The molecule has 0 bridgehead atoms. The summed E-state index contributed by atoms with van der Waals surface area (Å²) in [6, 6.07) is 16.9. The zero-order chi connectivity index (χ0) is 16.1. The fourth-order valence-corrected chi connectivity index (χ4v) is 2.74. The first-order valence-corrected chi connectivity index (χ1v) is 8.04. The molecule has 23 heavy (non-hydrogen) atoms. The van der Waals surface area contributed by atoms with E-state index >= 15 is 0 Å². The SMILES string of the molecule is O=C(/C=C/c1ccccc1)Nc1nnc(-c2ccc(Cl)cc2)s1. The zero-order valence-corrected chi connectivity index (χ0v) is 13.5. The van der Waals surface area contributed by atoms with Crippen LogP contribution in [0.5, 0.6) is 0 Å². The average molecular weight is 342 g/mol. The minimum atomic E-state index is -0.243. The van der Waals surface area contributed by atoms with Crippen LogP contribution in [0.4, 0.5) is 5.13 Å². The first kappa shape index (κ1) is 15.4. The van der Waals surface area contributed by atoms with Crippen LogP contribution in [0.3, 0.4) is 0 Å². The van der Waals surface area contributed by atoms with E-state index in [4.69, 9.17) is 11.6 Å². The molecule has 0 spiro atoms. The van der Waals surface area contributed by atoms with Crippen LogP contribution < -0.4 is 5.32 Å². The van der Waals surface area contributed by atoms with Gasteiger partial charge in [-0.05, 0) is 23.8 Å². The lowest BCUT2D eigenvalue weighted by Crippen LogP contribution is -2.07. The van der Waals surface area contributed by atoms with Crippen molar-refractivity contribution in [1.82, 2.24) is 10.2 Å². The van der Waals surface area contributed by atoms with E-state index in [0.29, 0.717) is 10.2 Å². The predicted molar refractivity (Wildman–Crippen MR) is 94.5 cm³/mol. The Bertz CT molecular complexity index is 829. The van der Waals surface area contributed by atoms with Gasteiger partial charge >= 0.3 is 0 Å². The first-order chi connectivity index (χ1) is 11.2. The van der Waals surface area contributed by atoms with Crippen molar-refractivity contribution in [3.63, 3.8) is 0 Å². The Morgan fingerprint density at radius 2 is 1.78 bits per heavy atom. The highest BCUT2D eigenvalue weighted by Crippen LogP contribution is 2.27. The second kappa shape index (κ2) is 7.17. The molecule has 0 radical (unpaired) electrons. The molecule has 2 aromatic carbocycles. The number of hydrogen-bond acceptors (Lipinski definition) is 4. The first-order valence-electron chi connectivity index (χ1n) is 6.84. The number of hydrogen-bond donors (Lipinski definition) is 1. The number of anilines is 1. The molecule has 0 saturated heterocycles. The van der Waals surface area contributed by atoms with Gasteiger partial charge < -0.3 is 0 Å². The van der Waals surface area contributed by atoms with E-state index in [1.165, 1.54) is 17.4 Å². The number of carbonyl (C=O) groups is 1. The lowest BCUT2D eigenvalue weighted by atomic mass is 10.2. The Morgan fingerprint density at radius 3 is 2.52 bits per heavy atom. The molecule has 3 rings (SSSR count). The fraction of sp³-hybridized carbons (Fsp3) is 0. The Kier molecular flexibility index (Phi) is 4.80. The second-order valence-electron chi connectivity index (χ2n) is 4.65. The largest absolute Gasteiger partial charge is 0.297 e. The maximum absolute atomic E-state index is 11.9. The number of benzene rings is 2. The monoisotopic (exact) mass is 341 g/mol. The van der Waals surface area contributed by atoms with E-state index in [-0.39, 0.29) is 5.91 Å². The maximum atomic E-state index is 11.9. The van der Waals surface area contributed by atoms with Crippen molar-refractivity contribution >= 4 is 40.1 Å². The lowest BCUT2D eigenvalue weighted by molar-refractivity contribution is -0.111. The van der Waals surface area contributed by atoms with Gasteiger partial charge in [0, 0.05) is 16.7 Å². The Morgan fingerprint density at radius 1 is 1.04 bits per heavy atom. The van der Waals surface area contributed by atoms with Gasteiger partial charge in [0.05, 0.1) is 0 Å². The van der Waals surface area contributed by atoms with Crippen molar-refractivity contribution in [2.45, 2.75) is 0 Å². The fourth-order valence-electron chi connectivity index (χ4n) is 1.87. The van der Waals surface area contributed by atoms with Crippen LogP contribution >= 0.6 is 22.9 Å². The molecule has 0 unspecified atom stereocenters. The average Bonchev–Trinajstić information content (AvgIpc) is 3.03. The number of rotatable bonds is 4. The van der Waals surface area contributed by atoms with Gasteiger partial charge in [0.1, 0.15) is 5.01 Å². The van der Waals surface area contributed by atoms with Gasteiger partial charge in [-0.15, -0.1) is 10.2 Å². The van der Waals surface area contributed by atoms with Gasteiger partial charge in [-0.2, -0.15) is 0 Å². The van der Waals surface area contributed by atoms with Crippen LogP contribution in [0.2, 0.25) is 5.02 Å².